The highest BCUT2D eigenvalue weighted by atomic mass is 16.2. The van der Waals surface area contributed by atoms with Gasteiger partial charge in [-0.1, -0.05) is 37.3 Å². The van der Waals surface area contributed by atoms with Crippen molar-refractivity contribution >= 4 is 11.8 Å². The summed E-state index contributed by atoms with van der Waals surface area (Å²) < 4.78 is 0. The number of carbonyl (C=O) groups is 2. The average molecular weight is 288 g/mol. The van der Waals surface area contributed by atoms with Gasteiger partial charge in [0.15, 0.2) is 0 Å². The van der Waals surface area contributed by atoms with Gasteiger partial charge < -0.3 is 10.2 Å². The molecular weight excluding hydrogens is 264 g/mol. The number of nitrogens with one attached hydrogen (secondary N) is 1. The molecule has 0 bridgehead atoms. The Morgan fingerprint density at radius 3 is 2.52 bits per heavy atom. The van der Waals surface area contributed by atoms with E-state index in [-0.39, 0.29) is 29.7 Å². The van der Waals surface area contributed by atoms with Crippen LogP contribution in [0.5, 0.6) is 0 Å². The Labute approximate surface area is 126 Å². The molecule has 1 N–H and O–H groups in total. The van der Waals surface area contributed by atoms with E-state index in [0.29, 0.717) is 19.5 Å². The third kappa shape index (κ3) is 3.84. The van der Waals surface area contributed by atoms with Crippen LogP contribution >= 0.6 is 0 Å². The average Bonchev–Trinajstić information content (AvgIpc) is 2.87. The fourth-order valence-electron chi connectivity index (χ4n) is 2.70. The summed E-state index contributed by atoms with van der Waals surface area (Å²) in [4.78, 5) is 25.8. The van der Waals surface area contributed by atoms with Crippen LogP contribution in [0, 0.1) is 5.92 Å². The highest BCUT2D eigenvalue weighted by Crippen LogP contribution is 2.20. The molecule has 0 aromatic heterocycles. The Hall–Kier alpha value is -1.84. The molecule has 114 valence electrons. The predicted molar refractivity (Wildman–Crippen MR) is 82.8 cm³/mol. The number of nitrogens with zero attached hydrogens (tertiary/aromatic N) is 1. The van der Waals surface area contributed by atoms with E-state index in [1.807, 2.05) is 32.0 Å². The molecule has 2 amide bonds. The van der Waals surface area contributed by atoms with Crippen molar-refractivity contribution < 1.29 is 9.59 Å². The Kier molecular flexibility index (Phi) is 4.99. The monoisotopic (exact) mass is 288 g/mol. The summed E-state index contributed by atoms with van der Waals surface area (Å²) in [7, 11) is 0. The first-order valence-corrected chi connectivity index (χ1v) is 7.61. The number of hydrogen-bond acceptors (Lipinski definition) is 2. The van der Waals surface area contributed by atoms with Crippen molar-refractivity contribution in [1.29, 1.82) is 0 Å². The SMILES string of the molecule is CC(C)N1C[C@H](C(=O)NC[C@H](C)c2ccccc2)CC1=O. The van der Waals surface area contributed by atoms with Crippen LogP contribution in [0.15, 0.2) is 30.3 Å². The van der Waals surface area contributed by atoms with Crippen molar-refractivity contribution in [2.24, 2.45) is 5.92 Å². The van der Waals surface area contributed by atoms with E-state index < -0.39 is 0 Å². The van der Waals surface area contributed by atoms with Crippen LogP contribution in [0.25, 0.3) is 0 Å². The Bertz CT molecular complexity index is 499. The lowest BCUT2D eigenvalue weighted by atomic mass is 10.0. The number of amides is 2. The molecule has 1 fully saturated rings. The molecule has 4 nitrogen and oxygen atoms in total. The van der Waals surface area contributed by atoms with E-state index in [1.165, 1.54) is 5.56 Å². The van der Waals surface area contributed by atoms with Crippen molar-refractivity contribution in [2.75, 3.05) is 13.1 Å². The van der Waals surface area contributed by atoms with Gasteiger partial charge in [-0.15, -0.1) is 0 Å². The molecule has 1 aromatic rings. The number of benzene rings is 1. The Balaban J connectivity index is 1.84. The van der Waals surface area contributed by atoms with E-state index in [9.17, 15) is 9.59 Å². The molecule has 0 saturated carbocycles. The van der Waals surface area contributed by atoms with E-state index >= 15 is 0 Å². The highest BCUT2D eigenvalue weighted by molar-refractivity contribution is 5.89. The molecule has 1 saturated heterocycles. The standard InChI is InChI=1S/C17H24N2O2/c1-12(2)19-11-15(9-16(19)20)17(21)18-10-13(3)14-7-5-4-6-8-14/h4-8,12-13,15H,9-11H2,1-3H3,(H,18,21)/t13-,15+/m0/s1. The van der Waals surface area contributed by atoms with Gasteiger partial charge in [-0.25, -0.2) is 0 Å². The topological polar surface area (TPSA) is 49.4 Å². The lowest BCUT2D eigenvalue weighted by molar-refractivity contribution is -0.129. The second-order valence-electron chi connectivity index (χ2n) is 6.10. The molecule has 1 aliphatic rings. The smallest absolute Gasteiger partial charge is 0.225 e. The largest absolute Gasteiger partial charge is 0.355 e. The summed E-state index contributed by atoms with van der Waals surface area (Å²) in [5.74, 6) is 0.145. The molecule has 0 spiro atoms. The molecule has 2 atom stereocenters. The van der Waals surface area contributed by atoms with Gasteiger partial charge >= 0.3 is 0 Å². The van der Waals surface area contributed by atoms with Gasteiger partial charge in [0.2, 0.25) is 11.8 Å². The summed E-state index contributed by atoms with van der Waals surface area (Å²) >= 11 is 0. The van der Waals surface area contributed by atoms with Crippen molar-refractivity contribution in [2.45, 2.75) is 39.2 Å². The summed E-state index contributed by atoms with van der Waals surface area (Å²) in [6.07, 6.45) is 0.337. The lowest BCUT2D eigenvalue weighted by Crippen LogP contribution is -2.36. The number of rotatable bonds is 5. The second kappa shape index (κ2) is 6.74. The van der Waals surface area contributed by atoms with Gasteiger partial charge in [0.05, 0.1) is 5.92 Å². The van der Waals surface area contributed by atoms with E-state index in [4.69, 9.17) is 0 Å². The fourth-order valence-corrected chi connectivity index (χ4v) is 2.70. The molecule has 0 radical (unpaired) electrons. The van der Waals surface area contributed by atoms with Gasteiger partial charge in [0.25, 0.3) is 0 Å². The Morgan fingerprint density at radius 2 is 1.95 bits per heavy atom. The van der Waals surface area contributed by atoms with Crippen LogP contribution in [0.1, 0.15) is 38.7 Å². The van der Waals surface area contributed by atoms with Crippen LogP contribution in [-0.2, 0) is 9.59 Å². The minimum absolute atomic E-state index is 0.00530. The maximum Gasteiger partial charge on any atom is 0.225 e. The van der Waals surface area contributed by atoms with E-state index in [2.05, 4.69) is 24.4 Å². The highest BCUT2D eigenvalue weighted by Gasteiger charge is 2.35. The van der Waals surface area contributed by atoms with Gasteiger partial charge in [-0.3, -0.25) is 9.59 Å². The quantitative estimate of drug-likeness (QED) is 0.902. The van der Waals surface area contributed by atoms with Crippen LogP contribution in [-0.4, -0.2) is 35.8 Å². The number of hydrogen-bond donors (Lipinski definition) is 1. The van der Waals surface area contributed by atoms with Crippen molar-refractivity contribution in [3.63, 3.8) is 0 Å². The van der Waals surface area contributed by atoms with Crippen LogP contribution in [0.4, 0.5) is 0 Å². The summed E-state index contributed by atoms with van der Waals surface area (Å²) in [6, 6.07) is 10.3. The van der Waals surface area contributed by atoms with Crippen molar-refractivity contribution in [1.82, 2.24) is 10.2 Å². The minimum Gasteiger partial charge on any atom is -0.355 e. The first-order chi connectivity index (χ1) is 9.99. The molecule has 1 heterocycles. The fraction of sp³-hybridized carbons (Fsp3) is 0.529. The van der Waals surface area contributed by atoms with Crippen LogP contribution in [0.3, 0.4) is 0 Å². The summed E-state index contributed by atoms with van der Waals surface area (Å²) in [5.41, 5.74) is 1.21. The number of likely N-dealkylation sites (tertiary alicyclic amines) is 1. The predicted octanol–water partition coefficient (Wildman–Crippen LogP) is 2.16. The maximum atomic E-state index is 12.2. The minimum atomic E-state index is -0.206. The first kappa shape index (κ1) is 15.5. The van der Waals surface area contributed by atoms with E-state index in [0.717, 1.165) is 0 Å². The van der Waals surface area contributed by atoms with Crippen LogP contribution < -0.4 is 5.32 Å². The molecule has 21 heavy (non-hydrogen) atoms. The zero-order valence-electron chi connectivity index (χ0n) is 13.0. The molecule has 1 aromatic carbocycles. The first-order valence-electron chi connectivity index (χ1n) is 7.61. The summed E-state index contributed by atoms with van der Waals surface area (Å²) in [5, 5.41) is 2.99. The van der Waals surface area contributed by atoms with Gasteiger partial charge in [-0.05, 0) is 25.3 Å². The maximum absolute atomic E-state index is 12.2. The van der Waals surface area contributed by atoms with Crippen molar-refractivity contribution in [3.05, 3.63) is 35.9 Å². The molecular formula is C17H24N2O2. The van der Waals surface area contributed by atoms with Crippen LogP contribution in [0.2, 0.25) is 0 Å². The molecule has 2 rings (SSSR count). The van der Waals surface area contributed by atoms with Gasteiger partial charge in [0.1, 0.15) is 0 Å². The third-order valence-corrected chi connectivity index (χ3v) is 4.10. The van der Waals surface area contributed by atoms with Crippen molar-refractivity contribution in [3.8, 4) is 0 Å². The zero-order valence-corrected chi connectivity index (χ0v) is 13.0. The Morgan fingerprint density at radius 1 is 1.29 bits per heavy atom. The second-order valence-corrected chi connectivity index (χ2v) is 6.10. The van der Waals surface area contributed by atoms with Gasteiger partial charge in [0, 0.05) is 25.6 Å². The normalized spacial score (nSPS) is 19.9. The lowest BCUT2D eigenvalue weighted by Gasteiger charge is -2.21. The molecule has 4 heteroatoms. The molecule has 1 aliphatic heterocycles. The summed E-state index contributed by atoms with van der Waals surface area (Å²) in [6.45, 7) is 7.21. The number of carbonyl (C=O) groups excluding carboxylic acids is 2. The van der Waals surface area contributed by atoms with E-state index in [1.54, 1.807) is 4.90 Å². The zero-order chi connectivity index (χ0) is 15.4. The molecule has 0 unspecified atom stereocenters. The molecule has 0 aliphatic carbocycles. The van der Waals surface area contributed by atoms with Gasteiger partial charge in [-0.2, -0.15) is 0 Å². The third-order valence-electron chi connectivity index (χ3n) is 4.10.